The molecule has 1 aliphatic rings. The summed E-state index contributed by atoms with van der Waals surface area (Å²) in [4.78, 5) is 4.51. The second-order valence-corrected chi connectivity index (χ2v) is 7.76. The number of rotatable bonds is 6. The van der Waals surface area contributed by atoms with Crippen molar-refractivity contribution in [3.05, 3.63) is 18.3 Å². The van der Waals surface area contributed by atoms with Crippen LogP contribution in [-0.2, 0) is 10.0 Å². The molecule has 2 rings (SSSR count). The number of anilines is 1. The molecule has 1 unspecified atom stereocenters. The van der Waals surface area contributed by atoms with Crippen LogP contribution in [-0.4, -0.2) is 36.8 Å². The molecule has 0 amide bonds. The predicted octanol–water partition coefficient (Wildman–Crippen LogP) is 2.71. The van der Waals surface area contributed by atoms with Gasteiger partial charge in [0.25, 0.3) is 0 Å². The summed E-state index contributed by atoms with van der Waals surface area (Å²) in [5.41, 5.74) is 0. The first-order chi connectivity index (χ1) is 9.96. The Bertz CT molecular complexity index is 572. The second kappa shape index (κ2) is 6.75. The molecule has 1 fully saturated rings. The quantitative estimate of drug-likeness (QED) is 0.877. The maximum absolute atomic E-state index is 12.8. The van der Waals surface area contributed by atoms with Gasteiger partial charge in [0.05, 0.1) is 4.90 Å². The van der Waals surface area contributed by atoms with E-state index in [-0.39, 0.29) is 6.04 Å². The van der Waals surface area contributed by atoms with E-state index in [1.54, 1.807) is 22.6 Å². The van der Waals surface area contributed by atoms with Crippen LogP contribution < -0.4 is 5.32 Å². The number of aromatic nitrogens is 1. The molecule has 0 aliphatic carbocycles. The van der Waals surface area contributed by atoms with Gasteiger partial charge in [-0.1, -0.05) is 20.8 Å². The van der Waals surface area contributed by atoms with Crippen molar-refractivity contribution in [3.63, 3.8) is 0 Å². The van der Waals surface area contributed by atoms with Gasteiger partial charge in [0.15, 0.2) is 0 Å². The highest BCUT2D eigenvalue weighted by Gasteiger charge is 2.36. The normalized spacial score (nSPS) is 20.1. The van der Waals surface area contributed by atoms with Gasteiger partial charge >= 0.3 is 0 Å². The van der Waals surface area contributed by atoms with Crippen LogP contribution in [0.2, 0.25) is 0 Å². The van der Waals surface area contributed by atoms with Crippen molar-refractivity contribution in [2.75, 3.05) is 18.4 Å². The third kappa shape index (κ3) is 3.55. The maximum atomic E-state index is 12.8. The highest BCUT2D eigenvalue weighted by molar-refractivity contribution is 7.89. The van der Waals surface area contributed by atoms with Crippen molar-refractivity contribution >= 4 is 15.8 Å². The Balaban J connectivity index is 2.27. The van der Waals surface area contributed by atoms with Gasteiger partial charge in [-0.2, -0.15) is 4.31 Å². The van der Waals surface area contributed by atoms with E-state index in [9.17, 15) is 8.42 Å². The molecule has 0 aromatic carbocycles. The minimum Gasteiger partial charge on any atom is -0.370 e. The number of nitrogens with zero attached hydrogens (tertiary/aromatic N) is 2. The Hall–Kier alpha value is -1.14. The lowest BCUT2D eigenvalue weighted by molar-refractivity contribution is 0.316. The summed E-state index contributed by atoms with van der Waals surface area (Å²) in [6.07, 6.45) is 4.42. The molecule has 2 heterocycles. The first kappa shape index (κ1) is 16.2. The van der Waals surface area contributed by atoms with Gasteiger partial charge in [0.2, 0.25) is 10.0 Å². The third-order valence-electron chi connectivity index (χ3n) is 3.91. The van der Waals surface area contributed by atoms with E-state index in [2.05, 4.69) is 31.1 Å². The van der Waals surface area contributed by atoms with Crippen molar-refractivity contribution in [1.29, 1.82) is 0 Å². The molecule has 0 bridgehead atoms. The molecule has 21 heavy (non-hydrogen) atoms. The van der Waals surface area contributed by atoms with Crippen molar-refractivity contribution in [1.82, 2.24) is 9.29 Å². The van der Waals surface area contributed by atoms with Crippen molar-refractivity contribution in [2.24, 2.45) is 5.92 Å². The zero-order valence-electron chi connectivity index (χ0n) is 13.0. The lowest BCUT2D eigenvalue weighted by atomic mass is 10.0. The zero-order valence-corrected chi connectivity index (χ0v) is 13.9. The smallest absolute Gasteiger partial charge is 0.243 e. The van der Waals surface area contributed by atoms with Crippen LogP contribution >= 0.6 is 0 Å². The fourth-order valence-corrected chi connectivity index (χ4v) is 4.63. The van der Waals surface area contributed by atoms with Crippen LogP contribution in [0.5, 0.6) is 0 Å². The Labute approximate surface area is 127 Å². The molecule has 0 radical (unpaired) electrons. The zero-order chi connectivity index (χ0) is 15.5. The summed E-state index contributed by atoms with van der Waals surface area (Å²) in [5.74, 6) is 0.958. The average molecular weight is 311 g/mol. The number of hydrogen-bond donors (Lipinski definition) is 1. The van der Waals surface area contributed by atoms with Crippen molar-refractivity contribution in [2.45, 2.75) is 51.0 Å². The highest BCUT2D eigenvalue weighted by atomic mass is 32.2. The van der Waals surface area contributed by atoms with Gasteiger partial charge in [-0.3, -0.25) is 0 Å². The fraction of sp³-hybridized carbons (Fsp3) is 0.667. The summed E-state index contributed by atoms with van der Waals surface area (Å²) in [6, 6.07) is 3.33. The van der Waals surface area contributed by atoms with E-state index in [0.717, 1.165) is 25.8 Å². The molecule has 0 saturated carbocycles. The minimum atomic E-state index is -3.43. The predicted molar refractivity (Wildman–Crippen MR) is 84.8 cm³/mol. The van der Waals surface area contributed by atoms with Crippen LogP contribution in [0.3, 0.4) is 0 Å². The standard InChI is InChI=1S/C15H25N3O2S/c1-4-8-16-15-11-13(7-9-17-15)21(19,20)18-10-5-6-14(18)12(2)3/h7,9,11-12,14H,4-6,8,10H2,1-3H3,(H,16,17). The molecule has 1 N–H and O–H groups in total. The maximum Gasteiger partial charge on any atom is 0.243 e. The summed E-state index contributed by atoms with van der Waals surface area (Å²) < 4.78 is 27.4. The summed E-state index contributed by atoms with van der Waals surface area (Å²) in [5, 5.41) is 3.14. The highest BCUT2D eigenvalue weighted by Crippen LogP contribution is 2.30. The minimum absolute atomic E-state index is 0.107. The van der Waals surface area contributed by atoms with Crippen LogP contribution in [0.25, 0.3) is 0 Å². The van der Waals surface area contributed by atoms with E-state index in [1.165, 1.54) is 0 Å². The Morgan fingerprint density at radius 1 is 1.48 bits per heavy atom. The molecular formula is C15H25N3O2S. The topological polar surface area (TPSA) is 62.3 Å². The first-order valence-electron chi connectivity index (χ1n) is 7.68. The van der Waals surface area contributed by atoms with Gasteiger partial charge < -0.3 is 5.32 Å². The van der Waals surface area contributed by atoms with Crippen LogP contribution in [0, 0.1) is 5.92 Å². The molecule has 1 aromatic rings. The molecule has 1 saturated heterocycles. The summed E-state index contributed by atoms with van der Waals surface area (Å²) in [6.45, 7) is 7.63. The lowest BCUT2D eigenvalue weighted by Gasteiger charge is -2.27. The van der Waals surface area contributed by atoms with E-state index in [1.807, 2.05) is 0 Å². The molecule has 1 atom stereocenters. The van der Waals surface area contributed by atoms with E-state index >= 15 is 0 Å². The van der Waals surface area contributed by atoms with E-state index < -0.39 is 10.0 Å². The summed E-state index contributed by atoms with van der Waals surface area (Å²) in [7, 11) is -3.43. The van der Waals surface area contributed by atoms with Gasteiger partial charge in [-0.25, -0.2) is 13.4 Å². The SMILES string of the molecule is CCCNc1cc(S(=O)(=O)N2CCCC2C(C)C)ccn1. The molecule has 118 valence electrons. The van der Waals surface area contributed by atoms with Crippen molar-refractivity contribution in [3.8, 4) is 0 Å². The summed E-state index contributed by atoms with van der Waals surface area (Å²) >= 11 is 0. The molecule has 1 aliphatic heterocycles. The number of nitrogens with one attached hydrogen (secondary N) is 1. The van der Waals surface area contributed by atoms with Crippen LogP contribution in [0.1, 0.15) is 40.0 Å². The molecule has 0 spiro atoms. The van der Waals surface area contributed by atoms with Gasteiger partial charge in [0.1, 0.15) is 5.82 Å². The number of pyridine rings is 1. The van der Waals surface area contributed by atoms with Crippen LogP contribution in [0.15, 0.2) is 23.2 Å². The third-order valence-corrected chi connectivity index (χ3v) is 5.83. The van der Waals surface area contributed by atoms with E-state index in [4.69, 9.17) is 0 Å². The monoisotopic (exact) mass is 311 g/mol. The largest absolute Gasteiger partial charge is 0.370 e. The first-order valence-corrected chi connectivity index (χ1v) is 9.12. The average Bonchev–Trinajstić information content (AvgIpc) is 2.96. The number of hydrogen-bond acceptors (Lipinski definition) is 4. The number of sulfonamides is 1. The molecular weight excluding hydrogens is 286 g/mol. The Kier molecular flexibility index (Phi) is 5.22. The van der Waals surface area contributed by atoms with Crippen molar-refractivity contribution < 1.29 is 8.42 Å². The Morgan fingerprint density at radius 2 is 2.24 bits per heavy atom. The fourth-order valence-electron chi connectivity index (χ4n) is 2.79. The molecule has 6 heteroatoms. The van der Waals surface area contributed by atoms with Gasteiger partial charge in [-0.15, -0.1) is 0 Å². The second-order valence-electron chi connectivity index (χ2n) is 5.87. The lowest BCUT2D eigenvalue weighted by Crippen LogP contribution is -2.38. The van der Waals surface area contributed by atoms with Gasteiger partial charge in [0, 0.05) is 31.4 Å². The van der Waals surface area contributed by atoms with E-state index in [0.29, 0.717) is 23.2 Å². The van der Waals surface area contributed by atoms with Gasteiger partial charge in [-0.05, 0) is 31.2 Å². The van der Waals surface area contributed by atoms with Crippen LogP contribution in [0.4, 0.5) is 5.82 Å². The molecule has 5 nitrogen and oxygen atoms in total. The Morgan fingerprint density at radius 3 is 2.90 bits per heavy atom. The molecule has 1 aromatic heterocycles.